The molecule has 5 nitrogen and oxygen atoms in total. The lowest BCUT2D eigenvalue weighted by molar-refractivity contribution is -0.142. The molecule has 0 bridgehead atoms. The van der Waals surface area contributed by atoms with Crippen molar-refractivity contribution in [2.75, 3.05) is 20.1 Å². The third-order valence-electron chi connectivity index (χ3n) is 4.74. The molecular formula is C16H25F3N4O. The molecular weight excluding hydrogens is 321 g/mol. The van der Waals surface area contributed by atoms with Crippen molar-refractivity contribution < 1.29 is 18.0 Å². The predicted octanol–water partition coefficient (Wildman–Crippen LogP) is 2.58. The number of rotatable bonds is 5. The minimum absolute atomic E-state index is 0.0854. The third-order valence-corrected chi connectivity index (χ3v) is 4.74. The normalized spacial score (nSPS) is 16.7. The Labute approximate surface area is 140 Å². The molecule has 136 valence electrons. The summed E-state index contributed by atoms with van der Waals surface area (Å²) in [5.41, 5.74) is -0.00612. The number of hydrogen-bond acceptors (Lipinski definition) is 3. The molecule has 1 N–H and O–H groups in total. The number of nitrogens with zero attached hydrogens (tertiary/aromatic N) is 3. The Kier molecular flexibility index (Phi) is 5.90. The standard InChI is InChI=1S/C16H25F3N4O/c1-11-14(10-20-3)23(21-15(11)16(17,18)19)9-6-13-4-7-22(8-5-13)12(2)24/h13,20H,4-10H2,1-3H3. The maximum absolute atomic E-state index is 13.1. The van der Waals surface area contributed by atoms with E-state index in [-0.39, 0.29) is 11.5 Å². The van der Waals surface area contributed by atoms with Crippen LogP contribution in [-0.2, 0) is 24.1 Å². The van der Waals surface area contributed by atoms with E-state index in [1.165, 1.54) is 11.6 Å². The molecule has 0 radical (unpaired) electrons. The molecule has 1 aliphatic rings. The van der Waals surface area contributed by atoms with E-state index in [0.29, 0.717) is 24.7 Å². The summed E-state index contributed by atoms with van der Waals surface area (Å²) >= 11 is 0. The second-order valence-electron chi connectivity index (χ2n) is 6.41. The van der Waals surface area contributed by atoms with Crippen LogP contribution in [-0.4, -0.2) is 40.7 Å². The minimum atomic E-state index is -4.43. The molecule has 0 atom stereocenters. The molecule has 1 aliphatic heterocycles. The number of amides is 1. The predicted molar refractivity (Wildman–Crippen MR) is 84.3 cm³/mol. The SMILES string of the molecule is CNCc1c(C)c(C(F)(F)F)nn1CCC1CCN(C(C)=O)CC1. The summed E-state index contributed by atoms with van der Waals surface area (Å²) in [6, 6.07) is 0. The van der Waals surface area contributed by atoms with Crippen LogP contribution in [0.4, 0.5) is 13.2 Å². The number of carbonyl (C=O) groups excluding carboxylic acids is 1. The van der Waals surface area contributed by atoms with E-state index in [1.54, 1.807) is 14.0 Å². The van der Waals surface area contributed by atoms with Crippen LogP contribution in [0.1, 0.15) is 43.1 Å². The highest BCUT2D eigenvalue weighted by atomic mass is 19.4. The van der Waals surface area contributed by atoms with Crippen molar-refractivity contribution >= 4 is 5.91 Å². The number of aromatic nitrogens is 2. The van der Waals surface area contributed by atoms with E-state index in [2.05, 4.69) is 10.4 Å². The van der Waals surface area contributed by atoms with Crippen molar-refractivity contribution in [3.05, 3.63) is 17.0 Å². The quantitative estimate of drug-likeness (QED) is 0.892. The van der Waals surface area contributed by atoms with E-state index >= 15 is 0 Å². The van der Waals surface area contributed by atoms with E-state index in [9.17, 15) is 18.0 Å². The fourth-order valence-electron chi connectivity index (χ4n) is 3.27. The number of alkyl halides is 3. The molecule has 1 amide bonds. The topological polar surface area (TPSA) is 50.2 Å². The highest BCUT2D eigenvalue weighted by Crippen LogP contribution is 2.32. The zero-order valence-corrected chi connectivity index (χ0v) is 14.4. The van der Waals surface area contributed by atoms with Gasteiger partial charge in [-0.1, -0.05) is 0 Å². The zero-order chi connectivity index (χ0) is 17.9. The number of nitrogens with one attached hydrogen (secondary N) is 1. The van der Waals surface area contributed by atoms with E-state index in [0.717, 1.165) is 32.4 Å². The highest BCUT2D eigenvalue weighted by molar-refractivity contribution is 5.73. The van der Waals surface area contributed by atoms with Gasteiger partial charge in [-0.15, -0.1) is 0 Å². The fourth-order valence-corrected chi connectivity index (χ4v) is 3.27. The van der Waals surface area contributed by atoms with Gasteiger partial charge in [-0.25, -0.2) is 0 Å². The van der Waals surface area contributed by atoms with Crippen LogP contribution in [0.5, 0.6) is 0 Å². The van der Waals surface area contributed by atoms with Crippen molar-refractivity contribution in [3.8, 4) is 0 Å². The first kappa shape index (κ1) is 18.8. The highest BCUT2D eigenvalue weighted by Gasteiger charge is 2.37. The number of aryl methyl sites for hydroxylation is 1. The maximum atomic E-state index is 13.1. The Morgan fingerprint density at radius 3 is 2.46 bits per heavy atom. The van der Waals surface area contributed by atoms with Crippen molar-refractivity contribution in [1.29, 1.82) is 0 Å². The molecule has 0 aromatic carbocycles. The molecule has 0 aliphatic carbocycles. The molecule has 1 saturated heterocycles. The van der Waals surface area contributed by atoms with Crippen LogP contribution < -0.4 is 5.32 Å². The zero-order valence-electron chi connectivity index (χ0n) is 14.4. The first-order valence-electron chi connectivity index (χ1n) is 8.27. The van der Waals surface area contributed by atoms with Crippen LogP contribution in [0, 0.1) is 12.8 Å². The summed E-state index contributed by atoms with van der Waals surface area (Å²) in [4.78, 5) is 13.2. The lowest BCUT2D eigenvalue weighted by Gasteiger charge is -2.31. The van der Waals surface area contributed by atoms with Crippen LogP contribution in [0.2, 0.25) is 0 Å². The maximum Gasteiger partial charge on any atom is 0.435 e. The van der Waals surface area contributed by atoms with Crippen molar-refractivity contribution in [2.45, 2.75) is 52.4 Å². The molecule has 24 heavy (non-hydrogen) atoms. The Morgan fingerprint density at radius 1 is 1.33 bits per heavy atom. The molecule has 0 spiro atoms. The van der Waals surface area contributed by atoms with Gasteiger partial charge in [-0.3, -0.25) is 9.48 Å². The molecule has 1 aromatic rings. The average molecular weight is 346 g/mol. The summed E-state index contributed by atoms with van der Waals surface area (Å²) in [5, 5.41) is 6.73. The van der Waals surface area contributed by atoms with Gasteiger partial charge < -0.3 is 10.2 Å². The van der Waals surface area contributed by atoms with Gasteiger partial charge in [-0.2, -0.15) is 18.3 Å². The van der Waals surface area contributed by atoms with Gasteiger partial charge >= 0.3 is 6.18 Å². The van der Waals surface area contributed by atoms with Crippen LogP contribution in [0.3, 0.4) is 0 Å². The molecule has 2 rings (SSSR count). The monoisotopic (exact) mass is 346 g/mol. The van der Waals surface area contributed by atoms with E-state index < -0.39 is 11.9 Å². The van der Waals surface area contributed by atoms with Crippen LogP contribution in [0.15, 0.2) is 0 Å². The summed E-state index contributed by atoms with van der Waals surface area (Å²) in [5.74, 6) is 0.504. The van der Waals surface area contributed by atoms with Gasteiger partial charge in [0.1, 0.15) is 0 Å². The Hall–Kier alpha value is -1.57. The Bertz CT molecular complexity index is 575. The van der Waals surface area contributed by atoms with Crippen molar-refractivity contribution in [2.24, 2.45) is 5.92 Å². The second kappa shape index (κ2) is 7.55. The minimum Gasteiger partial charge on any atom is -0.343 e. The average Bonchev–Trinajstić information content (AvgIpc) is 2.83. The fraction of sp³-hybridized carbons (Fsp3) is 0.750. The third kappa shape index (κ3) is 4.28. The summed E-state index contributed by atoms with van der Waals surface area (Å²) in [6.07, 6.45) is -1.85. The summed E-state index contributed by atoms with van der Waals surface area (Å²) in [6.45, 7) is 5.33. The lowest BCUT2D eigenvalue weighted by Crippen LogP contribution is -2.37. The largest absolute Gasteiger partial charge is 0.435 e. The number of likely N-dealkylation sites (tertiary alicyclic amines) is 1. The molecule has 1 fully saturated rings. The van der Waals surface area contributed by atoms with Crippen LogP contribution >= 0.6 is 0 Å². The summed E-state index contributed by atoms with van der Waals surface area (Å²) < 4.78 is 40.7. The smallest absolute Gasteiger partial charge is 0.343 e. The van der Waals surface area contributed by atoms with E-state index in [1.807, 2.05) is 4.90 Å². The second-order valence-corrected chi connectivity index (χ2v) is 6.41. The van der Waals surface area contributed by atoms with Gasteiger partial charge in [0, 0.05) is 38.7 Å². The Morgan fingerprint density at radius 2 is 1.96 bits per heavy atom. The van der Waals surface area contributed by atoms with Gasteiger partial charge in [-0.05, 0) is 39.2 Å². The molecule has 1 aromatic heterocycles. The number of piperidine rings is 1. The van der Waals surface area contributed by atoms with Gasteiger partial charge in [0.05, 0.1) is 5.69 Å². The van der Waals surface area contributed by atoms with Crippen LogP contribution in [0.25, 0.3) is 0 Å². The first-order chi connectivity index (χ1) is 11.2. The van der Waals surface area contributed by atoms with Crippen molar-refractivity contribution in [3.63, 3.8) is 0 Å². The Balaban J connectivity index is 2.03. The van der Waals surface area contributed by atoms with Gasteiger partial charge in [0.25, 0.3) is 0 Å². The number of halogens is 3. The molecule has 8 heteroatoms. The summed E-state index contributed by atoms with van der Waals surface area (Å²) in [7, 11) is 1.71. The van der Waals surface area contributed by atoms with Crippen molar-refractivity contribution in [1.82, 2.24) is 20.0 Å². The lowest BCUT2D eigenvalue weighted by atomic mass is 9.93. The first-order valence-corrected chi connectivity index (χ1v) is 8.27. The van der Waals surface area contributed by atoms with Gasteiger partial charge in [0.2, 0.25) is 5.91 Å². The molecule has 0 saturated carbocycles. The van der Waals surface area contributed by atoms with E-state index in [4.69, 9.17) is 0 Å². The number of hydrogen-bond donors (Lipinski definition) is 1. The molecule has 2 heterocycles. The molecule has 0 unspecified atom stereocenters. The van der Waals surface area contributed by atoms with Gasteiger partial charge in [0.15, 0.2) is 5.69 Å². The number of carbonyl (C=O) groups is 1.